The Bertz CT molecular complexity index is 672. The molecule has 0 saturated heterocycles. The highest BCUT2D eigenvalue weighted by Gasteiger charge is 2.40. The summed E-state index contributed by atoms with van der Waals surface area (Å²) >= 11 is 2.72. The van der Waals surface area contributed by atoms with E-state index in [1.807, 2.05) is 16.8 Å². The zero-order valence-corrected chi connectivity index (χ0v) is 12.4. The van der Waals surface area contributed by atoms with Crippen molar-refractivity contribution < 1.29 is 8.42 Å². The third-order valence-electron chi connectivity index (χ3n) is 2.96. The van der Waals surface area contributed by atoms with Gasteiger partial charge in [0.25, 0.3) is 0 Å². The van der Waals surface area contributed by atoms with Gasteiger partial charge in [0.2, 0.25) is 0 Å². The standard InChI is InChI=1S/C11H13N3O2S3/c12-10-9(19(15,16)8-1-2-8)11(18-14-10)13-5-7-3-4-17-6-7/h3-4,6,8,13H,1-2,5H2,(H2,12,14). The number of hydrogen-bond donors (Lipinski definition) is 2. The second kappa shape index (κ2) is 4.77. The van der Waals surface area contributed by atoms with E-state index in [4.69, 9.17) is 5.73 Å². The third-order valence-corrected chi connectivity index (χ3v) is 6.97. The van der Waals surface area contributed by atoms with Crippen LogP contribution in [0, 0.1) is 0 Å². The van der Waals surface area contributed by atoms with Crippen LogP contribution >= 0.6 is 22.9 Å². The maximum Gasteiger partial charge on any atom is 0.187 e. The minimum Gasteiger partial charge on any atom is -0.382 e. The molecule has 8 heteroatoms. The van der Waals surface area contributed by atoms with E-state index in [1.54, 1.807) is 11.3 Å². The number of nitrogens with two attached hydrogens (primary N) is 1. The molecule has 3 N–H and O–H groups in total. The van der Waals surface area contributed by atoms with Gasteiger partial charge in [-0.05, 0) is 46.8 Å². The molecule has 0 amide bonds. The Morgan fingerprint density at radius 1 is 1.47 bits per heavy atom. The molecule has 2 heterocycles. The summed E-state index contributed by atoms with van der Waals surface area (Å²) in [5.41, 5.74) is 6.84. The first-order valence-electron chi connectivity index (χ1n) is 5.83. The molecule has 19 heavy (non-hydrogen) atoms. The van der Waals surface area contributed by atoms with E-state index in [9.17, 15) is 8.42 Å². The molecule has 0 radical (unpaired) electrons. The first kappa shape index (κ1) is 12.9. The Labute approximate surface area is 119 Å². The maximum absolute atomic E-state index is 12.3. The number of nitrogens with one attached hydrogen (secondary N) is 1. The van der Waals surface area contributed by atoms with Crippen molar-refractivity contribution in [3.63, 3.8) is 0 Å². The number of aromatic nitrogens is 1. The fourth-order valence-corrected chi connectivity index (χ4v) is 5.35. The van der Waals surface area contributed by atoms with Crippen molar-refractivity contribution in [1.29, 1.82) is 0 Å². The number of nitrogen functional groups attached to an aromatic ring is 1. The van der Waals surface area contributed by atoms with E-state index in [-0.39, 0.29) is 16.0 Å². The lowest BCUT2D eigenvalue weighted by molar-refractivity contribution is 0.595. The normalized spacial score (nSPS) is 15.6. The minimum atomic E-state index is -3.31. The van der Waals surface area contributed by atoms with Crippen LogP contribution in [0.4, 0.5) is 10.8 Å². The van der Waals surface area contributed by atoms with Crippen molar-refractivity contribution in [2.24, 2.45) is 0 Å². The van der Waals surface area contributed by atoms with Crippen molar-refractivity contribution >= 4 is 43.5 Å². The molecule has 0 unspecified atom stereocenters. The first-order valence-corrected chi connectivity index (χ1v) is 9.09. The van der Waals surface area contributed by atoms with Crippen LogP contribution in [-0.2, 0) is 16.4 Å². The topological polar surface area (TPSA) is 85.1 Å². The molecule has 0 aromatic carbocycles. The second-order valence-corrected chi connectivity index (χ2v) is 8.17. The summed E-state index contributed by atoms with van der Waals surface area (Å²) in [5.74, 6) is 0.115. The fraction of sp³-hybridized carbons (Fsp3) is 0.364. The monoisotopic (exact) mass is 315 g/mol. The number of thiophene rings is 1. The van der Waals surface area contributed by atoms with Gasteiger partial charge in [-0.15, -0.1) is 0 Å². The summed E-state index contributed by atoms with van der Waals surface area (Å²) in [6.07, 6.45) is 1.45. The molecule has 0 atom stereocenters. The number of rotatable bonds is 5. The van der Waals surface area contributed by atoms with E-state index < -0.39 is 9.84 Å². The van der Waals surface area contributed by atoms with Gasteiger partial charge < -0.3 is 11.1 Å². The van der Waals surface area contributed by atoms with Gasteiger partial charge in [0, 0.05) is 6.54 Å². The predicted molar refractivity (Wildman–Crippen MR) is 78.4 cm³/mol. The van der Waals surface area contributed by atoms with Crippen LogP contribution in [0.3, 0.4) is 0 Å². The number of hydrogen-bond acceptors (Lipinski definition) is 7. The Morgan fingerprint density at radius 2 is 2.26 bits per heavy atom. The minimum absolute atomic E-state index is 0.115. The van der Waals surface area contributed by atoms with Gasteiger partial charge in [-0.1, -0.05) is 0 Å². The lowest BCUT2D eigenvalue weighted by atomic mass is 10.3. The van der Waals surface area contributed by atoms with E-state index in [2.05, 4.69) is 9.69 Å². The molecule has 1 aliphatic rings. The molecule has 0 spiro atoms. The van der Waals surface area contributed by atoms with Gasteiger partial charge in [0.1, 0.15) is 9.90 Å². The Balaban J connectivity index is 1.86. The highest BCUT2D eigenvalue weighted by Crippen LogP contribution is 2.41. The van der Waals surface area contributed by atoms with Crippen LogP contribution in [0.5, 0.6) is 0 Å². The van der Waals surface area contributed by atoms with Crippen molar-refractivity contribution in [3.05, 3.63) is 22.4 Å². The van der Waals surface area contributed by atoms with Crippen molar-refractivity contribution in [2.45, 2.75) is 29.5 Å². The van der Waals surface area contributed by atoms with Crippen molar-refractivity contribution in [3.8, 4) is 0 Å². The molecule has 0 bridgehead atoms. The summed E-state index contributed by atoms with van der Waals surface area (Å²) < 4.78 is 28.6. The molecular weight excluding hydrogens is 302 g/mol. The highest BCUT2D eigenvalue weighted by molar-refractivity contribution is 7.92. The summed E-state index contributed by atoms with van der Waals surface area (Å²) in [4.78, 5) is 0.190. The predicted octanol–water partition coefficient (Wildman–Crippen LogP) is 2.33. The number of nitrogens with zero attached hydrogens (tertiary/aromatic N) is 1. The van der Waals surface area contributed by atoms with Crippen LogP contribution < -0.4 is 11.1 Å². The first-order chi connectivity index (χ1) is 9.09. The van der Waals surface area contributed by atoms with E-state index in [0.717, 1.165) is 29.9 Å². The van der Waals surface area contributed by atoms with E-state index >= 15 is 0 Å². The van der Waals surface area contributed by atoms with Crippen LogP contribution in [0.25, 0.3) is 0 Å². The molecular formula is C11H13N3O2S3. The second-order valence-electron chi connectivity index (χ2n) is 4.46. The molecule has 1 fully saturated rings. The van der Waals surface area contributed by atoms with Crippen LogP contribution in [0.15, 0.2) is 21.7 Å². The Hall–Kier alpha value is -1.12. The van der Waals surface area contributed by atoms with Crippen molar-refractivity contribution in [1.82, 2.24) is 4.37 Å². The van der Waals surface area contributed by atoms with Gasteiger partial charge >= 0.3 is 0 Å². The summed E-state index contributed by atoms with van der Waals surface area (Å²) in [7, 11) is -3.31. The van der Waals surface area contributed by atoms with Gasteiger partial charge in [-0.2, -0.15) is 15.7 Å². The number of anilines is 2. The summed E-state index contributed by atoms with van der Waals surface area (Å²) in [6, 6.07) is 2.00. The molecule has 1 aliphatic carbocycles. The average molecular weight is 315 g/mol. The largest absolute Gasteiger partial charge is 0.382 e. The molecule has 5 nitrogen and oxygen atoms in total. The SMILES string of the molecule is Nc1nsc(NCc2ccsc2)c1S(=O)(=O)C1CC1. The van der Waals surface area contributed by atoms with Gasteiger partial charge in [0.15, 0.2) is 15.7 Å². The molecule has 2 aromatic rings. The summed E-state index contributed by atoms with van der Waals surface area (Å²) in [6.45, 7) is 0.582. The molecule has 2 aromatic heterocycles. The van der Waals surface area contributed by atoms with Crippen molar-refractivity contribution in [2.75, 3.05) is 11.1 Å². The third kappa shape index (κ3) is 2.47. The lowest BCUT2D eigenvalue weighted by Crippen LogP contribution is -2.11. The quantitative estimate of drug-likeness (QED) is 0.884. The van der Waals surface area contributed by atoms with Crippen LogP contribution in [-0.4, -0.2) is 18.0 Å². The zero-order valence-electron chi connectivity index (χ0n) is 10.00. The lowest BCUT2D eigenvalue weighted by Gasteiger charge is -2.06. The van der Waals surface area contributed by atoms with E-state index in [1.165, 1.54) is 0 Å². The fourth-order valence-electron chi connectivity index (χ4n) is 1.80. The maximum atomic E-state index is 12.3. The zero-order chi connectivity index (χ0) is 13.5. The Morgan fingerprint density at radius 3 is 2.89 bits per heavy atom. The molecule has 3 rings (SSSR count). The highest BCUT2D eigenvalue weighted by atomic mass is 32.2. The van der Waals surface area contributed by atoms with Crippen LogP contribution in [0.1, 0.15) is 18.4 Å². The number of sulfone groups is 1. The van der Waals surface area contributed by atoms with Gasteiger partial charge in [-0.25, -0.2) is 8.42 Å². The Kier molecular flexibility index (Phi) is 3.23. The van der Waals surface area contributed by atoms with Gasteiger partial charge in [-0.3, -0.25) is 0 Å². The molecule has 1 saturated carbocycles. The van der Waals surface area contributed by atoms with Gasteiger partial charge in [0.05, 0.1) is 5.25 Å². The summed E-state index contributed by atoms with van der Waals surface area (Å²) in [5, 5.41) is 7.42. The molecule has 0 aliphatic heterocycles. The average Bonchev–Trinajstić information content (AvgIpc) is 2.99. The smallest absolute Gasteiger partial charge is 0.187 e. The molecule has 102 valence electrons. The van der Waals surface area contributed by atoms with E-state index in [0.29, 0.717) is 11.5 Å². The van der Waals surface area contributed by atoms with Crippen LogP contribution in [0.2, 0.25) is 0 Å².